The number of rotatable bonds is 4. The molecule has 2 heterocycles. The summed E-state index contributed by atoms with van der Waals surface area (Å²) in [5.74, 6) is -0.380. The van der Waals surface area contributed by atoms with E-state index in [-0.39, 0.29) is 23.0 Å². The van der Waals surface area contributed by atoms with Crippen molar-refractivity contribution >= 4 is 23.1 Å². The van der Waals surface area contributed by atoms with Gasteiger partial charge < -0.3 is 15.7 Å². The Labute approximate surface area is 122 Å². The Bertz CT molecular complexity index is 722. The molecular weight excluding hydrogens is 302 g/mol. The van der Waals surface area contributed by atoms with Crippen molar-refractivity contribution in [1.82, 2.24) is 9.97 Å². The summed E-state index contributed by atoms with van der Waals surface area (Å²) in [6.07, 6.45) is 3.89. The lowest BCUT2D eigenvalue weighted by atomic mass is 10.2. The van der Waals surface area contributed by atoms with Crippen LogP contribution in [0.1, 0.15) is 5.56 Å². The van der Waals surface area contributed by atoms with E-state index in [9.17, 15) is 10.1 Å². The van der Waals surface area contributed by atoms with E-state index in [1.54, 1.807) is 0 Å². The van der Waals surface area contributed by atoms with E-state index in [1.165, 1.54) is 24.7 Å². The number of hydrogen-bond acceptors (Lipinski definition) is 7. The van der Waals surface area contributed by atoms with Gasteiger partial charge in [0.15, 0.2) is 5.84 Å². The maximum Gasteiger partial charge on any atom is 0.332 e. The number of amidine groups is 1. The summed E-state index contributed by atoms with van der Waals surface area (Å²) in [6, 6.07) is 2.51. The van der Waals surface area contributed by atoms with Gasteiger partial charge in [-0.3, -0.25) is 15.1 Å². The third kappa shape index (κ3) is 3.34. The lowest BCUT2D eigenvalue weighted by Gasteiger charge is -2.06. The number of nitro groups is 1. The fraction of sp³-hybridized carbons (Fsp3) is 0. The van der Waals surface area contributed by atoms with Gasteiger partial charge in [0.1, 0.15) is 5.75 Å². The average molecular weight is 310 g/mol. The van der Waals surface area contributed by atoms with Gasteiger partial charge in [0, 0.05) is 30.1 Å². The molecule has 0 saturated carbocycles. The summed E-state index contributed by atoms with van der Waals surface area (Å²) in [6.45, 7) is 0. The molecule has 0 amide bonds. The Morgan fingerprint density at radius 2 is 2.19 bits per heavy atom. The molecule has 21 heavy (non-hydrogen) atoms. The molecule has 9 nitrogen and oxygen atoms in total. The Morgan fingerprint density at radius 1 is 1.43 bits per heavy atom. The maximum atomic E-state index is 11.0. The first kappa shape index (κ1) is 14.5. The Kier molecular flexibility index (Phi) is 4.14. The SMILES string of the molecule is N/C(=N/O)c1cnc(Oc2cncc(Cl)c2)c([N+](=O)[O-])c1. The highest BCUT2D eigenvalue weighted by atomic mass is 35.5. The fourth-order valence-electron chi connectivity index (χ4n) is 1.41. The lowest BCUT2D eigenvalue weighted by Crippen LogP contribution is -2.14. The van der Waals surface area contributed by atoms with Gasteiger partial charge in [-0.25, -0.2) is 4.98 Å². The van der Waals surface area contributed by atoms with Crippen molar-refractivity contribution in [3.05, 3.63) is 51.4 Å². The number of pyridine rings is 2. The molecule has 0 spiro atoms. The highest BCUT2D eigenvalue weighted by Crippen LogP contribution is 2.30. The summed E-state index contributed by atoms with van der Waals surface area (Å²) in [7, 11) is 0. The second-order valence-electron chi connectivity index (χ2n) is 3.73. The van der Waals surface area contributed by atoms with E-state index < -0.39 is 10.6 Å². The number of ether oxygens (including phenoxy) is 1. The number of aromatic nitrogens is 2. The van der Waals surface area contributed by atoms with Crippen LogP contribution in [0.3, 0.4) is 0 Å². The van der Waals surface area contributed by atoms with Crippen LogP contribution in [0.4, 0.5) is 5.69 Å². The number of halogens is 1. The minimum absolute atomic E-state index is 0.0840. The average Bonchev–Trinajstić information content (AvgIpc) is 2.46. The number of nitrogens with zero attached hydrogens (tertiary/aromatic N) is 4. The highest BCUT2D eigenvalue weighted by molar-refractivity contribution is 6.30. The quantitative estimate of drug-likeness (QED) is 0.289. The smallest absolute Gasteiger partial charge is 0.332 e. The molecule has 0 aliphatic heterocycles. The molecule has 2 aromatic rings. The second kappa shape index (κ2) is 6.01. The Balaban J connectivity index is 2.41. The second-order valence-corrected chi connectivity index (χ2v) is 4.17. The van der Waals surface area contributed by atoms with Crippen LogP contribution < -0.4 is 10.5 Å². The van der Waals surface area contributed by atoms with Crippen LogP contribution >= 0.6 is 11.6 Å². The summed E-state index contributed by atoms with van der Waals surface area (Å²) in [5.41, 5.74) is 4.99. The normalized spacial score (nSPS) is 11.2. The van der Waals surface area contributed by atoms with Crippen LogP contribution in [-0.2, 0) is 0 Å². The Morgan fingerprint density at radius 3 is 2.81 bits per heavy atom. The van der Waals surface area contributed by atoms with E-state index in [4.69, 9.17) is 27.3 Å². The first-order chi connectivity index (χ1) is 10.0. The molecule has 0 unspecified atom stereocenters. The van der Waals surface area contributed by atoms with E-state index in [1.807, 2.05) is 0 Å². The minimum atomic E-state index is -0.700. The van der Waals surface area contributed by atoms with Gasteiger partial charge in [0.05, 0.1) is 16.1 Å². The Hall–Kier alpha value is -2.94. The number of hydrogen-bond donors (Lipinski definition) is 2. The highest BCUT2D eigenvalue weighted by Gasteiger charge is 2.20. The molecule has 0 saturated heterocycles. The van der Waals surface area contributed by atoms with Gasteiger partial charge in [-0.05, 0) is 0 Å². The predicted octanol–water partition coefficient (Wildman–Crippen LogP) is 1.92. The first-order valence-electron chi connectivity index (χ1n) is 5.42. The molecule has 3 N–H and O–H groups in total. The molecular formula is C11H8ClN5O4. The number of nitrogens with two attached hydrogens (primary N) is 1. The van der Waals surface area contributed by atoms with Crippen LogP contribution in [-0.4, -0.2) is 25.9 Å². The molecule has 0 aliphatic rings. The van der Waals surface area contributed by atoms with Crippen molar-refractivity contribution in [2.45, 2.75) is 0 Å². The zero-order valence-electron chi connectivity index (χ0n) is 10.3. The molecule has 0 aromatic carbocycles. The molecule has 0 aliphatic carbocycles. The van der Waals surface area contributed by atoms with Crippen LogP contribution in [0.15, 0.2) is 35.9 Å². The van der Waals surface area contributed by atoms with Gasteiger partial charge in [-0.2, -0.15) is 0 Å². The predicted molar refractivity (Wildman–Crippen MR) is 72.7 cm³/mol. The van der Waals surface area contributed by atoms with Gasteiger partial charge in [0.2, 0.25) is 0 Å². The monoisotopic (exact) mass is 309 g/mol. The van der Waals surface area contributed by atoms with Gasteiger partial charge in [0.25, 0.3) is 5.88 Å². The zero-order valence-corrected chi connectivity index (χ0v) is 11.1. The molecule has 0 radical (unpaired) electrons. The molecule has 0 bridgehead atoms. The molecule has 0 fully saturated rings. The lowest BCUT2D eigenvalue weighted by molar-refractivity contribution is -0.386. The molecule has 2 aromatic heterocycles. The molecule has 0 atom stereocenters. The van der Waals surface area contributed by atoms with Crippen LogP contribution in [0.2, 0.25) is 5.02 Å². The standard InChI is InChI=1S/C11H8ClN5O4/c12-7-2-8(5-14-4-7)21-11-9(17(19)20)1-6(3-15-11)10(13)16-18/h1-5,18H,(H2,13,16). The molecule has 10 heteroatoms. The van der Waals surface area contributed by atoms with E-state index >= 15 is 0 Å². The van der Waals surface area contributed by atoms with Crippen molar-refractivity contribution in [1.29, 1.82) is 0 Å². The third-order valence-corrected chi connectivity index (χ3v) is 2.53. The van der Waals surface area contributed by atoms with Gasteiger partial charge in [-0.15, -0.1) is 0 Å². The third-order valence-electron chi connectivity index (χ3n) is 2.33. The largest absolute Gasteiger partial charge is 0.432 e. The summed E-state index contributed by atoms with van der Waals surface area (Å²) in [4.78, 5) is 17.9. The van der Waals surface area contributed by atoms with E-state index in [2.05, 4.69) is 15.1 Å². The molecule has 108 valence electrons. The van der Waals surface area contributed by atoms with Crippen LogP contribution in [0, 0.1) is 10.1 Å². The van der Waals surface area contributed by atoms with Crippen molar-refractivity contribution in [2.75, 3.05) is 0 Å². The fourth-order valence-corrected chi connectivity index (χ4v) is 1.57. The van der Waals surface area contributed by atoms with E-state index in [0.29, 0.717) is 5.02 Å². The zero-order chi connectivity index (χ0) is 15.4. The summed E-state index contributed by atoms with van der Waals surface area (Å²) >= 11 is 5.74. The van der Waals surface area contributed by atoms with Crippen LogP contribution in [0.5, 0.6) is 11.6 Å². The van der Waals surface area contributed by atoms with Crippen molar-refractivity contribution in [3.8, 4) is 11.6 Å². The number of oxime groups is 1. The summed E-state index contributed by atoms with van der Waals surface area (Å²) in [5, 5.41) is 22.7. The van der Waals surface area contributed by atoms with Gasteiger partial charge in [-0.1, -0.05) is 16.8 Å². The summed E-state index contributed by atoms with van der Waals surface area (Å²) < 4.78 is 5.28. The van der Waals surface area contributed by atoms with E-state index in [0.717, 1.165) is 6.07 Å². The van der Waals surface area contributed by atoms with Crippen LogP contribution in [0.25, 0.3) is 0 Å². The van der Waals surface area contributed by atoms with Crippen molar-refractivity contribution < 1.29 is 14.9 Å². The van der Waals surface area contributed by atoms with Crippen molar-refractivity contribution in [3.63, 3.8) is 0 Å². The van der Waals surface area contributed by atoms with Gasteiger partial charge >= 0.3 is 5.69 Å². The maximum absolute atomic E-state index is 11.0. The first-order valence-corrected chi connectivity index (χ1v) is 5.80. The van der Waals surface area contributed by atoms with Crippen molar-refractivity contribution in [2.24, 2.45) is 10.9 Å². The topological polar surface area (TPSA) is 137 Å². The minimum Gasteiger partial charge on any atom is -0.432 e. The molecule has 2 rings (SSSR count).